The van der Waals surface area contributed by atoms with E-state index in [1.165, 1.54) is 12.2 Å². The van der Waals surface area contributed by atoms with Crippen LogP contribution in [0.25, 0.3) is 0 Å². The van der Waals surface area contributed by atoms with Gasteiger partial charge in [0.25, 0.3) is 0 Å². The molecule has 0 aliphatic heterocycles. The Morgan fingerprint density at radius 3 is 2.50 bits per heavy atom. The van der Waals surface area contributed by atoms with Crippen molar-refractivity contribution in [3.8, 4) is 0 Å². The maximum atomic E-state index is 11.0. The molecule has 0 unspecified atom stereocenters. The average molecular weight is 87.1 g/mol. The number of rotatable bonds is 2. The van der Waals surface area contributed by atoms with Crippen molar-refractivity contribution in [3.63, 3.8) is 0 Å². The van der Waals surface area contributed by atoms with E-state index in [9.17, 15) is 4.39 Å². The predicted molar refractivity (Wildman–Crippen MR) is 23.9 cm³/mol. The molecule has 0 amide bonds. The zero-order valence-corrected chi connectivity index (χ0v) is 3.32. The van der Waals surface area contributed by atoms with Crippen molar-refractivity contribution in [1.82, 2.24) is 0 Å². The minimum atomic E-state index is -0.477. The molecule has 6 heavy (non-hydrogen) atoms. The van der Waals surface area contributed by atoms with E-state index in [0.717, 1.165) is 6.21 Å². The second-order valence-corrected chi connectivity index (χ2v) is 0.749. The Morgan fingerprint density at radius 2 is 2.33 bits per heavy atom. The molecule has 2 heteroatoms. The molecule has 0 aliphatic carbocycles. The summed E-state index contributed by atoms with van der Waals surface area (Å²) in [4.78, 5) is 0. The summed E-state index contributed by atoms with van der Waals surface area (Å²) in [5.41, 5.74) is 0. The van der Waals surface area contributed by atoms with Crippen molar-refractivity contribution in [3.05, 3.63) is 12.2 Å². The Hall–Kier alpha value is -0.660. The number of hydrogen-bond acceptors (Lipinski definition) is 1. The minimum Gasteiger partial charge on any atom is -0.309 e. The zero-order chi connectivity index (χ0) is 4.83. The second-order valence-electron chi connectivity index (χ2n) is 0.749. The van der Waals surface area contributed by atoms with E-state index in [2.05, 4.69) is 0 Å². The quantitative estimate of drug-likeness (QED) is 0.489. The summed E-state index contributed by atoms with van der Waals surface area (Å²) in [6.45, 7) is -0.477. The van der Waals surface area contributed by atoms with Gasteiger partial charge in [-0.3, -0.25) is 0 Å². The molecule has 34 valence electrons. The molecule has 0 heterocycles. The third-order valence-corrected chi connectivity index (χ3v) is 0.321. The summed E-state index contributed by atoms with van der Waals surface area (Å²) in [5, 5.41) is 6.33. The van der Waals surface area contributed by atoms with Gasteiger partial charge in [0.15, 0.2) is 0 Å². The smallest absolute Gasteiger partial charge is 0.108 e. The molecule has 0 aromatic rings. The van der Waals surface area contributed by atoms with Crippen molar-refractivity contribution in [2.45, 2.75) is 0 Å². The lowest BCUT2D eigenvalue weighted by molar-refractivity contribution is 0.562. The Morgan fingerprint density at radius 1 is 1.67 bits per heavy atom. The van der Waals surface area contributed by atoms with Crippen LogP contribution in [0.2, 0.25) is 0 Å². The van der Waals surface area contributed by atoms with Crippen molar-refractivity contribution in [2.24, 2.45) is 0 Å². The van der Waals surface area contributed by atoms with Crippen LogP contribution < -0.4 is 0 Å². The fraction of sp³-hybridized carbons (Fsp3) is 0.250. The first-order valence-electron chi connectivity index (χ1n) is 1.63. The normalized spacial score (nSPS) is 9.50. The molecule has 0 atom stereocenters. The third-order valence-electron chi connectivity index (χ3n) is 0.321. The molecule has 0 aromatic heterocycles. The Labute approximate surface area is 36.0 Å². The molecule has 0 aliphatic rings. The van der Waals surface area contributed by atoms with Gasteiger partial charge in [0.05, 0.1) is 0 Å². The van der Waals surface area contributed by atoms with Crippen LogP contribution in [0.1, 0.15) is 0 Å². The maximum Gasteiger partial charge on any atom is 0.108 e. The van der Waals surface area contributed by atoms with Crippen molar-refractivity contribution in [2.75, 3.05) is 6.67 Å². The first-order valence-corrected chi connectivity index (χ1v) is 1.63. The van der Waals surface area contributed by atoms with Gasteiger partial charge in [-0.05, 0) is 6.08 Å². The van der Waals surface area contributed by atoms with Crippen LogP contribution in [0.3, 0.4) is 0 Å². The van der Waals surface area contributed by atoms with Gasteiger partial charge in [-0.2, -0.15) is 0 Å². The van der Waals surface area contributed by atoms with Gasteiger partial charge in [-0.15, -0.1) is 0 Å². The second kappa shape index (κ2) is 4.34. The number of alkyl halides is 1. The van der Waals surface area contributed by atoms with Crippen molar-refractivity contribution < 1.29 is 4.39 Å². The van der Waals surface area contributed by atoms with Gasteiger partial charge < -0.3 is 5.41 Å². The van der Waals surface area contributed by atoms with Gasteiger partial charge in [-0.1, -0.05) is 6.08 Å². The van der Waals surface area contributed by atoms with Gasteiger partial charge in [0.2, 0.25) is 0 Å². The molecular weight excluding hydrogens is 81.0 g/mol. The molecule has 0 saturated carbocycles. The van der Waals surface area contributed by atoms with Crippen molar-refractivity contribution in [1.29, 1.82) is 5.41 Å². The van der Waals surface area contributed by atoms with Crippen LogP contribution in [-0.2, 0) is 0 Å². The standard InChI is InChI=1S/C4H6FN/c5-3-1-2-4-6/h1-2,4,6H,3H2/b2-1-,6-4?. The lowest BCUT2D eigenvalue weighted by atomic mass is 10.6. The Kier molecular flexibility index (Phi) is 3.86. The Balaban J connectivity index is 2.94. The highest BCUT2D eigenvalue weighted by atomic mass is 19.1. The fourth-order valence-corrected chi connectivity index (χ4v) is 0.119. The van der Waals surface area contributed by atoms with E-state index < -0.39 is 6.67 Å². The first-order chi connectivity index (χ1) is 2.91. The molecule has 0 saturated heterocycles. The zero-order valence-electron chi connectivity index (χ0n) is 3.32. The third kappa shape index (κ3) is 3.34. The molecule has 0 fully saturated rings. The largest absolute Gasteiger partial charge is 0.309 e. The topological polar surface area (TPSA) is 23.9 Å². The van der Waals surface area contributed by atoms with E-state index in [-0.39, 0.29) is 0 Å². The highest BCUT2D eigenvalue weighted by Crippen LogP contribution is 1.66. The summed E-state index contributed by atoms with van der Waals surface area (Å²) in [7, 11) is 0. The number of allylic oxidation sites excluding steroid dienone is 2. The molecule has 1 nitrogen and oxygen atoms in total. The highest BCUT2D eigenvalue weighted by molar-refractivity contribution is 5.67. The van der Waals surface area contributed by atoms with E-state index in [0.29, 0.717) is 0 Å². The molecule has 0 bridgehead atoms. The van der Waals surface area contributed by atoms with Gasteiger partial charge >= 0.3 is 0 Å². The van der Waals surface area contributed by atoms with E-state index in [1.807, 2.05) is 0 Å². The average Bonchev–Trinajstić information content (AvgIpc) is 1.61. The number of halogens is 1. The summed E-state index contributed by atoms with van der Waals surface area (Å²) in [6, 6.07) is 0. The molecular formula is C4H6FN. The number of nitrogens with one attached hydrogen (secondary N) is 1. The van der Waals surface area contributed by atoms with E-state index in [1.54, 1.807) is 0 Å². The van der Waals surface area contributed by atoms with Crippen LogP contribution in [0, 0.1) is 5.41 Å². The van der Waals surface area contributed by atoms with Gasteiger partial charge in [0, 0.05) is 6.21 Å². The van der Waals surface area contributed by atoms with E-state index >= 15 is 0 Å². The van der Waals surface area contributed by atoms with Crippen LogP contribution >= 0.6 is 0 Å². The van der Waals surface area contributed by atoms with Crippen LogP contribution in [0.5, 0.6) is 0 Å². The van der Waals surface area contributed by atoms with Gasteiger partial charge in [-0.25, -0.2) is 4.39 Å². The first kappa shape index (κ1) is 5.34. The number of hydrogen-bond donors (Lipinski definition) is 1. The van der Waals surface area contributed by atoms with Crippen LogP contribution in [0.4, 0.5) is 4.39 Å². The van der Waals surface area contributed by atoms with Crippen LogP contribution in [-0.4, -0.2) is 12.9 Å². The van der Waals surface area contributed by atoms with Gasteiger partial charge in [0.1, 0.15) is 6.67 Å². The fourth-order valence-electron chi connectivity index (χ4n) is 0.119. The molecule has 0 rings (SSSR count). The van der Waals surface area contributed by atoms with Crippen molar-refractivity contribution >= 4 is 6.21 Å². The van der Waals surface area contributed by atoms with E-state index in [4.69, 9.17) is 5.41 Å². The summed E-state index contributed by atoms with van der Waals surface area (Å²) in [6.07, 6.45) is 3.66. The summed E-state index contributed by atoms with van der Waals surface area (Å²) in [5.74, 6) is 0. The molecule has 0 aromatic carbocycles. The predicted octanol–water partition coefficient (Wildman–Crippen LogP) is 1.16. The summed E-state index contributed by atoms with van der Waals surface area (Å²) >= 11 is 0. The molecule has 0 radical (unpaired) electrons. The lowest BCUT2D eigenvalue weighted by Gasteiger charge is -1.64. The minimum absolute atomic E-state index is 0.477. The Bertz CT molecular complexity index is 58.6. The summed E-state index contributed by atoms with van der Waals surface area (Å²) < 4.78 is 11.0. The highest BCUT2D eigenvalue weighted by Gasteiger charge is 1.59. The SMILES string of the molecule is N=C/C=C\CF. The maximum absolute atomic E-state index is 11.0. The monoisotopic (exact) mass is 87.0 g/mol. The lowest BCUT2D eigenvalue weighted by Crippen LogP contribution is -1.60. The molecule has 0 spiro atoms. The molecule has 1 N–H and O–H groups in total. The van der Waals surface area contributed by atoms with Crippen LogP contribution in [0.15, 0.2) is 12.2 Å².